The molecule has 0 N–H and O–H groups in total. The van der Waals surface area contributed by atoms with E-state index in [0.29, 0.717) is 0 Å². The van der Waals surface area contributed by atoms with Gasteiger partial charge >= 0.3 is 0 Å². The van der Waals surface area contributed by atoms with Crippen molar-refractivity contribution in [2.45, 2.75) is 13.3 Å². The smallest absolute Gasteiger partial charge is 0.159 e. The lowest BCUT2D eigenvalue weighted by molar-refractivity contribution is -0.113. The molecule has 0 saturated heterocycles. The van der Waals surface area contributed by atoms with Crippen molar-refractivity contribution in [2.75, 3.05) is 0 Å². The number of Topliss-reactive ketones (excluding diaryl/α,β-unsaturated/α-hetero) is 1. The van der Waals surface area contributed by atoms with Gasteiger partial charge in [0.2, 0.25) is 0 Å². The summed E-state index contributed by atoms with van der Waals surface area (Å²) in [6, 6.07) is 17.1. The van der Waals surface area contributed by atoms with Crippen molar-refractivity contribution >= 4 is 39.5 Å². The predicted octanol–water partition coefficient (Wildman–Crippen LogP) is 3.47. The van der Waals surface area contributed by atoms with Crippen LogP contribution < -0.4 is 10.4 Å². The molecule has 22 heavy (non-hydrogen) atoms. The molecule has 1 aliphatic carbocycles. The molecule has 1 nitrogen and oxygen atoms in total. The Labute approximate surface area is 128 Å². The van der Waals surface area contributed by atoms with E-state index in [0.717, 1.165) is 17.2 Å². The first-order chi connectivity index (χ1) is 10.7. The Morgan fingerprint density at radius 3 is 2.55 bits per heavy atom. The fourth-order valence-electron chi connectivity index (χ4n) is 3.26. The number of fused-ring (bicyclic) bond motifs is 5. The molecule has 0 radical (unpaired) electrons. The third-order valence-corrected chi connectivity index (χ3v) is 4.36. The van der Waals surface area contributed by atoms with E-state index in [1.165, 1.54) is 26.8 Å². The third kappa shape index (κ3) is 1.98. The first kappa shape index (κ1) is 13.0. The van der Waals surface area contributed by atoms with E-state index in [2.05, 4.69) is 54.6 Å². The molecule has 0 unspecified atom stereocenters. The Balaban J connectivity index is 2.20. The Kier molecular flexibility index (Phi) is 2.93. The zero-order valence-corrected chi connectivity index (χ0v) is 12.5. The van der Waals surface area contributed by atoms with Crippen molar-refractivity contribution in [3.63, 3.8) is 0 Å². The van der Waals surface area contributed by atoms with Gasteiger partial charge in [-0.15, -0.1) is 0 Å². The minimum Gasteiger partial charge on any atom is -0.295 e. The predicted molar refractivity (Wildman–Crippen MR) is 93.0 cm³/mol. The monoisotopic (exact) mass is 284 g/mol. The van der Waals surface area contributed by atoms with E-state index in [1.807, 2.05) is 12.2 Å². The van der Waals surface area contributed by atoms with Gasteiger partial charge < -0.3 is 0 Å². The number of benzene rings is 3. The van der Waals surface area contributed by atoms with Gasteiger partial charge in [0.1, 0.15) is 0 Å². The summed E-state index contributed by atoms with van der Waals surface area (Å²) in [6.07, 6.45) is 7.05. The van der Waals surface area contributed by atoms with E-state index >= 15 is 0 Å². The number of hydrogen-bond donors (Lipinski definition) is 0. The fraction of sp³-hybridized carbons (Fsp3) is 0.0952. The molecular weight excluding hydrogens is 268 g/mol. The van der Waals surface area contributed by atoms with Crippen molar-refractivity contribution in [1.82, 2.24) is 0 Å². The van der Waals surface area contributed by atoms with Gasteiger partial charge in [-0.3, -0.25) is 4.79 Å². The second kappa shape index (κ2) is 4.96. The molecule has 3 aromatic carbocycles. The molecule has 1 heteroatoms. The summed E-state index contributed by atoms with van der Waals surface area (Å²) in [5.74, 6) is 0.124. The summed E-state index contributed by atoms with van der Waals surface area (Å²) in [7, 11) is 0. The average Bonchev–Trinajstić information content (AvgIpc) is 2.76. The first-order valence-corrected chi connectivity index (χ1v) is 7.57. The molecule has 1 aliphatic rings. The molecule has 0 aromatic heterocycles. The molecule has 0 aliphatic heterocycles. The van der Waals surface area contributed by atoms with Gasteiger partial charge in [0.15, 0.2) is 5.78 Å². The maximum absolute atomic E-state index is 11.7. The van der Waals surface area contributed by atoms with E-state index in [-0.39, 0.29) is 5.78 Å². The van der Waals surface area contributed by atoms with Crippen molar-refractivity contribution in [3.8, 4) is 0 Å². The second-order valence-corrected chi connectivity index (χ2v) is 5.75. The molecule has 0 spiro atoms. The molecule has 3 aromatic rings. The van der Waals surface area contributed by atoms with Gasteiger partial charge in [-0.25, -0.2) is 0 Å². The molecule has 0 saturated carbocycles. The Hall–Kier alpha value is -2.67. The van der Waals surface area contributed by atoms with Crippen LogP contribution in [-0.2, 0) is 4.79 Å². The third-order valence-electron chi connectivity index (χ3n) is 4.36. The van der Waals surface area contributed by atoms with Crippen LogP contribution in [0.25, 0.3) is 33.7 Å². The minimum atomic E-state index is 0.124. The Bertz CT molecular complexity index is 1070. The summed E-state index contributed by atoms with van der Waals surface area (Å²) in [5.41, 5.74) is 0.801. The summed E-state index contributed by atoms with van der Waals surface area (Å²) in [4.78, 5) is 11.7. The normalized spacial score (nSPS) is 13.8. The van der Waals surface area contributed by atoms with E-state index in [1.54, 1.807) is 6.92 Å². The largest absolute Gasteiger partial charge is 0.295 e. The highest BCUT2D eigenvalue weighted by atomic mass is 16.1. The van der Waals surface area contributed by atoms with Gasteiger partial charge in [-0.1, -0.05) is 60.7 Å². The number of carbonyl (C=O) groups excluding carboxylic acids is 1. The number of hydrogen-bond acceptors (Lipinski definition) is 1. The molecule has 0 fully saturated rings. The maximum atomic E-state index is 11.7. The highest BCUT2D eigenvalue weighted by molar-refractivity contribution is 6.08. The van der Waals surface area contributed by atoms with Crippen molar-refractivity contribution in [1.29, 1.82) is 0 Å². The molecule has 0 amide bonds. The molecule has 0 atom stereocenters. The van der Waals surface area contributed by atoms with Gasteiger partial charge in [-0.05, 0) is 51.4 Å². The van der Waals surface area contributed by atoms with Crippen LogP contribution in [0.5, 0.6) is 0 Å². The van der Waals surface area contributed by atoms with Crippen LogP contribution in [0.1, 0.15) is 13.3 Å². The van der Waals surface area contributed by atoms with E-state index in [4.69, 9.17) is 0 Å². The summed E-state index contributed by atoms with van der Waals surface area (Å²) >= 11 is 0. The maximum Gasteiger partial charge on any atom is 0.159 e. The zero-order valence-electron chi connectivity index (χ0n) is 12.5. The topological polar surface area (TPSA) is 17.1 Å². The molecule has 106 valence electrons. The van der Waals surface area contributed by atoms with Crippen LogP contribution in [0.15, 0.2) is 60.2 Å². The van der Waals surface area contributed by atoms with Gasteiger partial charge in [0.25, 0.3) is 0 Å². The molecule has 0 heterocycles. The van der Waals surface area contributed by atoms with Crippen LogP contribution in [0.2, 0.25) is 0 Å². The lowest BCUT2D eigenvalue weighted by Gasteiger charge is -2.05. The lowest BCUT2D eigenvalue weighted by atomic mass is 9.98. The molecule has 0 bridgehead atoms. The van der Waals surface area contributed by atoms with Crippen LogP contribution in [-0.4, -0.2) is 5.78 Å². The zero-order chi connectivity index (χ0) is 15.1. The van der Waals surface area contributed by atoms with Gasteiger partial charge in [0, 0.05) is 5.57 Å². The van der Waals surface area contributed by atoms with Crippen molar-refractivity contribution in [3.05, 3.63) is 70.6 Å². The number of carbonyl (C=O) groups is 1. The first-order valence-electron chi connectivity index (χ1n) is 7.57. The van der Waals surface area contributed by atoms with E-state index < -0.39 is 0 Å². The molecule has 4 rings (SSSR count). The molecular formula is C21H16O. The number of rotatable bonds is 1. The highest BCUT2D eigenvalue weighted by Crippen LogP contribution is 2.22. The number of allylic oxidation sites excluding steroid dienone is 2. The minimum absolute atomic E-state index is 0.124. The standard InChI is InChI=1S/C21H16O/c1-14(22)17-6-4-8-20-18(13-17)12-11-16-10-9-15-5-2-3-7-19(15)21(16)20/h2-3,5-13H,4H2,1H3. The van der Waals surface area contributed by atoms with Crippen molar-refractivity contribution in [2.24, 2.45) is 0 Å². The van der Waals surface area contributed by atoms with Crippen LogP contribution >= 0.6 is 0 Å². The van der Waals surface area contributed by atoms with E-state index in [9.17, 15) is 4.79 Å². The summed E-state index contributed by atoms with van der Waals surface area (Å²) in [6.45, 7) is 1.63. The summed E-state index contributed by atoms with van der Waals surface area (Å²) < 4.78 is 0. The van der Waals surface area contributed by atoms with Gasteiger partial charge in [-0.2, -0.15) is 0 Å². The highest BCUT2D eigenvalue weighted by Gasteiger charge is 2.06. The summed E-state index contributed by atoms with van der Waals surface area (Å²) in [5, 5.41) is 7.41. The fourth-order valence-corrected chi connectivity index (χ4v) is 3.26. The Morgan fingerprint density at radius 1 is 0.909 bits per heavy atom. The van der Waals surface area contributed by atoms with Gasteiger partial charge in [0.05, 0.1) is 0 Å². The van der Waals surface area contributed by atoms with Crippen LogP contribution in [0.3, 0.4) is 0 Å². The van der Waals surface area contributed by atoms with Crippen LogP contribution in [0, 0.1) is 0 Å². The second-order valence-electron chi connectivity index (χ2n) is 5.75. The Morgan fingerprint density at radius 2 is 1.68 bits per heavy atom. The average molecular weight is 284 g/mol. The SMILES string of the molecule is CC(=O)C1=CCC=c2c(ccc3ccc4ccccc4c23)=C1. The van der Waals surface area contributed by atoms with Crippen LogP contribution in [0.4, 0.5) is 0 Å². The lowest BCUT2D eigenvalue weighted by Crippen LogP contribution is -2.25. The van der Waals surface area contributed by atoms with Crippen molar-refractivity contribution < 1.29 is 4.79 Å². The number of ketones is 1. The quantitative estimate of drug-likeness (QED) is 0.625.